The number of carbonyl (C=O) groups is 2. The molecule has 1 saturated carbocycles. The van der Waals surface area contributed by atoms with Gasteiger partial charge in [-0.25, -0.2) is 0 Å². The van der Waals surface area contributed by atoms with Crippen molar-refractivity contribution in [2.75, 3.05) is 13.7 Å². The average Bonchev–Trinajstić information content (AvgIpc) is 3.42. The second-order valence-electron chi connectivity index (χ2n) is 7.47. The molecule has 1 heterocycles. The van der Waals surface area contributed by atoms with Crippen LogP contribution in [0.1, 0.15) is 24.8 Å². The van der Waals surface area contributed by atoms with Gasteiger partial charge in [0, 0.05) is 6.42 Å². The maximum absolute atomic E-state index is 13.4. The van der Waals surface area contributed by atoms with E-state index in [1.165, 1.54) is 0 Å². The maximum atomic E-state index is 13.4. The van der Waals surface area contributed by atoms with E-state index in [1.807, 2.05) is 54.6 Å². The first-order valence-corrected chi connectivity index (χ1v) is 9.50. The number of methoxy groups -OCH3 is 1. The van der Waals surface area contributed by atoms with Gasteiger partial charge in [-0.05, 0) is 42.7 Å². The first kappa shape index (κ1) is 18.3. The molecule has 146 valence electrons. The molecule has 2 aromatic carbocycles. The van der Waals surface area contributed by atoms with Crippen LogP contribution in [0.15, 0.2) is 54.6 Å². The van der Waals surface area contributed by atoms with Crippen LogP contribution >= 0.6 is 0 Å². The minimum Gasteiger partial charge on any atom is -0.497 e. The number of rotatable bonds is 6. The highest BCUT2D eigenvalue weighted by Gasteiger charge is 2.56. The van der Waals surface area contributed by atoms with Crippen molar-refractivity contribution in [1.82, 2.24) is 4.90 Å². The first-order valence-electron chi connectivity index (χ1n) is 9.50. The number of ether oxygens (including phenoxy) is 2. The number of hydrogen-bond donors (Lipinski definition) is 1. The molecular weight excluding hydrogens is 356 g/mol. The summed E-state index contributed by atoms with van der Waals surface area (Å²) in [6.07, 6.45) is 1.69. The number of nitrogens with two attached hydrogens (primary N) is 1. The molecule has 6 nitrogen and oxygen atoms in total. The van der Waals surface area contributed by atoms with Crippen molar-refractivity contribution in [2.24, 2.45) is 5.73 Å². The molecule has 2 atom stereocenters. The summed E-state index contributed by atoms with van der Waals surface area (Å²) >= 11 is 0. The Labute approximate surface area is 164 Å². The average molecular weight is 380 g/mol. The maximum Gasteiger partial charge on any atom is 0.240 e. The van der Waals surface area contributed by atoms with Gasteiger partial charge in [0.25, 0.3) is 0 Å². The molecule has 28 heavy (non-hydrogen) atoms. The molecule has 4 rings (SSSR count). The minimum atomic E-state index is -0.642. The Balaban J connectivity index is 1.54. The fraction of sp³-hybridized carbons (Fsp3) is 0.364. The van der Waals surface area contributed by atoms with Gasteiger partial charge in [-0.2, -0.15) is 0 Å². The predicted octanol–water partition coefficient (Wildman–Crippen LogP) is 2.26. The number of primary amides is 1. The quantitative estimate of drug-likeness (QED) is 0.833. The molecule has 6 heteroatoms. The smallest absolute Gasteiger partial charge is 0.240 e. The van der Waals surface area contributed by atoms with Gasteiger partial charge in [0.05, 0.1) is 19.1 Å². The molecule has 2 aromatic rings. The van der Waals surface area contributed by atoms with E-state index in [9.17, 15) is 9.59 Å². The summed E-state index contributed by atoms with van der Waals surface area (Å²) in [6.45, 7) is 0.360. The van der Waals surface area contributed by atoms with Crippen molar-refractivity contribution >= 4 is 11.8 Å². The Kier molecular flexibility index (Phi) is 4.71. The van der Waals surface area contributed by atoms with Gasteiger partial charge >= 0.3 is 0 Å². The van der Waals surface area contributed by atoms with Gasteiger partial charge in [-0.15, -0.1) is 0 Å². The highest BCUT2D eigenvalue weighted by Crippen LogP contribution is 2.50. The van der Waals surface area contributed by atoms with Crippen LogP contribution in [0.25, 0.3) is 0 Å². The molecule has 0 unspecified atom stereocenters. The van der Waals surface area contributed by atoms with Crippen molar-refractivity contribution in [1.29, 1.82) is 0 Å². The molecule has 0 bridgehead atoms. The third kappa shape index (κ3) is 3.30. The Morgan fingerprint density at radius 2 is 1.71 bits per heavy atom. The normalized spacial score (nSPS) is 22.5. The Bertz CT molecular complexity index is 862. The molecule has 0 aromatic heterocycles. The van der Waals surface area contributed by atoms with Gasteiger partial charge in [0.2, 0.25) is 11.8 Å². The number of likely N-dealkylation sites (tertiary alicyclic amines) is 1. The van der Waals surface area contributed by atoms with Crippen LogP contribution in [0.4, 0.5) is 0 Å². The van der Waals surface area contributed by atoms with Gasteiger partial charge < -0.3 is 20.1 Å². The summed E-state index contributed by atoms with van der Waals surface area (Å²) in [7, 11) is 1.61. The number of benzene rings is 2. The van der Waals surface area contributed by atoms with Crippen LogP contribution < -0.4 is 15.2 Å². The Morgan fingerprint density at radius 1 is 1.04 bits per heavy atom. The fourth-order valence-corrected chi connectivity index (χ4v) is 4.00. The SMILES string of the molecule is COc1ccc(C2(C(=O)N3C[C@@H](Oc4ccccc4)C[C@H]3C(N)=O)CC2)cc1. The third-order valence-electron chi connectivity index (χ3n) is 5.70. The summed E-state index contributed by atoms with van der Waals surface area (Å²) in [5, 5.41) is 0. The van der Waals surface area contributed by atoms with E-state index >= 15 is 0 Å². The number of hydrogen-bond acceptors (Lipinski definition) is 4. The highest BCUT2D eigenvalue weighted by molar-refractivity contribution is 5.95. The highest BCUT2D eigenvalue weighted by atomic mass is 16.5. The Morgan fingerprint density at radius 3 is 2.29 bits per heavy atom. The molecular formula is C22H24N2O4. The van der Waals surface area contributed by atoms with Crippen molar-refractivity contribution in [3.05, 3.63) is 60.2 Å². The zero-order chi connectivity index (χ0) is 19.7. The number of nitrogens with zero attached hydrogens (tertiary/aromatic N) is 1. The fourth-order valence-electron chi connectivity index (χ4n) is 4.00. The van der Waals surface area contributed by atoms with E-state index in [2.05, 4.69) is 0 Å². The molecule has 2 amide bonds. The number of carbonyl (C=O) groups excluding carboxylic acids is 2. The molecule has 2 N–H and O–H groups in total. The lowest BCUT2D eigenvalue weighted by Crippen LogP contribution is -2.48. The van der Waals surface area contributed by atoms with Crippen molar-refractivity contribution in [3.8, 4) is 11.5 Å². The van der Waals surface area contributed by atoms with Crippen LogP contribution in [-0.4, -0.2) is 42.5 Å². The lowest BCUT2D eigenvalue weighted by molar-refractivity contribution is -0.139. The predicted molar refractivity (Wildman–Crippen MR) is 104 cm³/mol. The summed E-state index contributed by atoms with van der Waals surface area (Å²) in [6, 6.07) is 16.4. The van der Waals surface area contributed by atoms with Gasteiger partial charge in [0.15, 0.2) is 0 Å². The first-order chi connectivity index (χ1) is 13.5. The summed E-state index contributed by atoms with van der Waals surface area (Å²) in [5.41, 5.74) is 6.00. The zero-order valence-electron chi connectivity index (χ0n) is 15.8. The monoisotopic (exact) mass is 380 g/mol. The van der Waals surface area contributed by atoms with Crippen LogP contribution in [0.3, 0.4) is 0 Å². The van der Waals surface area contributed by atoms with Gasteiger partial charge in [-0.1, -0.05) is 30.3 Å². The van der Waals surface area contributed by atoms with E-state index in [1.54, 1.807) is 12.0 Å². The molecule has 2 aliphatic rings. The largest absolute Gasteiger partial charge is 0.497 e. The van der Waals surface area contributed by atoms with E-state index in [0.29, 0.717) is 13.0 Å². The van der Waals surface area contributed by atoms with Crippen LogP contribution in [-0.2, 0) is 15.0 Å². The summed E-state index contributed by atoms with van der Waals surface area (Å²) < 4.78 is 11.2. The van der Waals surface area contributed by atoms with E-state index < -0.39 is 17.4 Å². The van der Waals surface area contributed by atoms with E-state index in [4.69, 9.17) is 15.2 Å². The summed E-state index contributed by atoms with van der Waals surface area (Å²) in [5.74, 6) is 0.944. The second kappa shape index (κ2) is 7.19. The molecule has 2 fully saturated rings. The molecule has 0 spiro atoms. The molecule has 1 saturated heterocycles. The standard InChI is InChI=1S/C22H24N2O4/c1-27-16-9-7-15(8-10-16)22(11-12-22)21(26)24-14-18(13-19(24)20(23)25)28-17-5-3-2-4-6-17/h2-10,18-19H,11-14H2,1H3,(H2,23,25)/t18-,19-/m0/s1. The lowest BCUT2D eigenvalue weighted by Gasteiger charge is -2.27. The van der Waals surface area contributed by atoms with Crippen LogP contribution in [0, 0.1) is 0 Å². The third-order valence-corrected chi connectivity index (χ3v) is 5.70. The Hall–Kier alpha value is -3.02. The van der Waals surface area contributed by atoms with Gasteiger partial charge in [-0.3, -0.25) is 9.59 Å². The topological polar surface area (TPSA) is 81.9 Å². The minimum absolute atomic E-state index is 0.0411. The number of para-hydroxylation sites is 1. The lowest BCUT2D eigenvalue weighted by atomic mass is 9.94. The zero-order valence-corrected chi connectivity index (χ0v) is 15.8. The van der Waals surface area contributed by atoms with Crippen molar-refractivity contribution < 1.29 is 19.1 Å². The molecule has 1 aliphatic heterocycles. The summed E-state index contributed by atoms with van der Waals surface area (Å²) in [4.78, 5) is 27.1. The molecule has 1 aliphatic carbocycles. The van der Waals surface area contributed by atoms with Crippen LogP contribution in [0.2, 0.25) is 0 Å². The van der Waals surface area contributed by atoms with Crippen molar-refractivity contribution in [3.63, 3.8) is 0 Å². The van der Waals surface area contributed by atoms with Crippen LogP contribution in [0.5, 0.6) is 11.5 Å². The van der Waals surface area contributed by atoms with Crippen molar-refractivity contribution in [2.45, 2.75) is 36.8 Å². The van der Waals surface area contributed by atoms with E-state index in [0.717, 1.165) is 29.9 Å². The molecule has 0 radical (unpaired) electrons. The second-order valence-corrected chi connectivity index (χ2v) is 7.47. The van der Waals surface area contributed by atoms with E-state index in [-0.39, 0.29) is 12.0 Å². The number of amides is 2. The van der Waals surface area contributed by atoms with Gasteiger partial charge in [0.1, 0.15) is 23.6 Å².